The van der Waals surface area contributed by atoms with Crippen molar-refractivity contribution in [3.05, 3.63) is 53.7 Å². The topological polar surface area (TPSA) is 71.3 Å². The molecule has 0 saturated carbocycles. The van der Waals surface area contributed by atoms with Crippen LogP contribution in [0.1, 0.15) is 34.8 Å². The van der Waals surface area contributed by atoms with Gasteiger partial charge in [0, 0.05) is 17.1 Å². The number of nitrogens with zero attached hydrogens (tertiary/aromatic N) is 3. The normalized spacial score (nSPS) is 15.0. The maximum atomic E-state index is 12.9. The van der Waals surface area contributed by atoms with Gasteiger partial charge in [0.2, 0.25) is 5.13 Å². The molecule has 10 heteroatoms. The molecule has 3 heterocycles. The van der Waals surface area contributed by atoms with Crippen LogP contribution in [0.5, 0.6) is 0 Å². The van der Waals surface area contributed by atoms with Crippen molar-refractivity contribution in [2.24, 2.45) is 0 Å². The lowest BCUT2D eigenvalue weighted by Crippen LogP contribution is -2.19. The molecule has 1 aliphatic rings. The van der Waals surface area contributed by atoms with Gasteiger partial charge in [-0.2, -0.15) is 17.5 Å². The minimum atomic E-state index is -4.44. The van der Waals surface area contributed by atoms with E-state index in [0.29, 0.717) is 28.6 Å². The van der Waals surface area contributed by atoms with Crippen LogP contribution in [-0.4, -0.2) is 33.3 Å². The third-order valence-electron chi connectivity index (χ3n) is 4.60. The first-order chi connectivity index (χ1) is 13.9. The second-order valence-corrected chi connectivity index (χ2v) is 7.48. The first-order valence-corrected chi connectivity index (χ1v) is 9.78. The Morgan fingerprint density at radius 3 is 2.76 bits per heavy atom. The fourth-order valence-electron chi connectivity index (χ4n) is 3.15. The molecule has 1 amide bonds. The van der Waals surface area contributed by atoms with Crippen LogP contribution in [0, 0.1) is 0 Å². The van der Waals surface area contributed by atoms with Gasteiger partial charge in [-0.15, -0.1) is 0 Å². The number of benzene rings is 1. The highest BCUT2D eigenvalue weighted by Gasteiger charge is 2.30. The van der Waals surface area contributed by atoms with Crippen molar-refractivity contribution in [2.45, 2.75) is 25.6 Å². The van der Waals surface area contributed by atoms with Gasteiger partial charge in [-0.05, 0) is 49.7 Å². The number of nitrogens with one attached hydrogen (secondary N) is 1. The molecule has 0 radical (unpaired) electrons. The van der Waals surface area contributed by atoms with Gasteiger partial charge in [0.1, 0.15) is 0 Å². The molecule has 0 atom stereocenters. The molecule has 0 spiro atoms. The molecule has 29 heavy (non-hydrogen) atoms. The maximum absolute atomic E-state index is 12.9. The summed E-state index contributed by atoms with van der Waals surface area (Å²) in [7, 11) is 0. The number of furan rings is 1. The lowest BCUT2D eigenvalue weighted by molar-refractivity contribution is -0.137. The molecule has 1 saturated heterocycles. The average Bonchev–Trinajstić information content (AvgIpc) is 3.43. The van der Waals surface area contributed by atoms with E-state index < -0.39 is 17.6 Å². The van der Waals surface area contributed by atoms with Gasteiger partial charge < -0.3 is 4.42 Å². The average molecular weight is 422 g/mol. The minimum Gasteiger partial charge on any atom is -0.459 e. The molecule has 4 rings (SSSR count). The minimum absolute atomic E-state index is 0.0197. The summed E-state index contributed by atoms with van der Waals surface area (Å²) in [5.41, 5.74) is -0.0683. The fraction of sp³-hybridized carbons (Fsp3) is 0.316. The molecule has 152 valence electrons. The Morgan fingerprint density at radius 1 is 1.21 bits per heavy atom. The van der Waals surface area contributed by atoms with Gasteiger partial charge in [-0.25, -0.2) is 4.98 Å². The number of carbonyl (C=O) groups is 1. The van der Waals surface area contributed by atoms with Crippen LogP contribution in [0.25, 0.3) is 11.1 Å². The lowest BCUT2D eigenvalue weighted by Gasteiger charge is -2.10. The molecule has 0 bridgehead atoms. The Hall–Kier alpha value is -2.72. The van der Waals surface area contributed by atoms with Crippen molar-refractivity contribution in [2.75, 3.05) is 18.4 Å². The fourth-order valence-corrected chi connectivity index (χ4v) is 3.73. The first-order valence-electron chi connectivity index (χ1n) is 9.01. The van der Waals surface area contributed by atoms with Crippen molar-refractivity contribution >= 4 is 22.6 Å². The maximum Gasteiger partial charge on any atom is 0.416 e. The van der Waals surface area contributed by atoms with Gasteiger partial charge in [0.05, 0.1) is 18.4 Å². The predicted molar refractivity (Wildman–Crippen MR) is 102 cm³/mol. The molecule has 2 aromatic heterocycles. The molecule has 1 aliphatic heterocycles. The van der Waals surface area contributed by atoms with Crippen LogP contribution in [0.2, 0.25) is 0 Å². The van der Waals surface area contributed by atoms with Crippen molar-refractivity contribution in [3.8, 4) is 11.1 Å². The van der Waals surface area contributed by atoms with Gasteiger partial charge in [-0.1, -0.05) is 12.1 Å². The van der Waals surface area contributed by atoms with Crippen LogP contribution in [0.3, 0.4) is 0 Å². The number of halogens is 3. The molecule has 6 nitrogen and oxygen atoms in total. The summed E-state index contributed by atoms with van der Waals surface area (Å²) in [5, 5.41) is 2.97. The van der Waals surface area contributed by atoms with Crippen molar-refractivity contribution in [1.29, 1.82) is 0 Å². The second-order valence-electron chi connectivity index (χ2n) is 6.73. The smallest absolute Gasteiger partial charge is 0.416 e. The van der Waals surface area contributed by atoms with E-state index in [2.05, 4.69) is 19.6 Å². The molecule has 1 N–H and O–H groups in total. The van der Waals surface area contributed by atoms with Crippen LogP contribution < -0.4 is 5.32 Å². The van der Waals surface area contributed by atoms with Crippen LogP contribution >= 0.6 is 11.5 Å². The zero-order valence-electron chi connectivity index (χ0n) is 15.2. The number of rotatable bonds is 5. The predicted octanol–water partition coefficient (Wildman–Crippen LogP) is 4.67. The summed E-state index contributed by atoms with van der Waals surface area (Å²) in [6.07, 6.45) is -0.852. The summed E-state index contributed by atoms with van der Waals surface area (Å²) in [5.74, 6) is 0.0945. The summed E-state index contributed by atoms with van der Waals surface area (Å²) in [6, 6.07) is 6.25. The second kappa shape index (κ2) is 7.96. The SMILES string of the molecule is O=C(Nc1nc(CN2CCCC2)ns1)c1cc(-c2cccc(C(F)(F)F)c2)co1. The highest BCUT2D eigenvalue weighted by atomic mass is 32.1. The number of hydrogen-bond acceptors (Lipinski definition) is 6. The quantitative estimate of drug-likeness (QED) is 0.647. The Balaban J connectivity index is 1.43. The van der Waals surface area contributed by atoms with E-state index in [1.54, 1.807) is 0 Å². The summed E-state index contributed by atoms with van der Waals surface area (Å²) in [4.78, 5) is 18.9. The van der Waals surface area contributed by atoms with E-state index in [-0.39, 0.29) is 5.76 Å². The first kappa shape index (κ1) is 19.6. The highest BCUT2D eigenvalue weighted by Crippen LogP contribution is 2.32. The third-order valence-corrected chi connectivity index (χ3v) is 5.27. The summed E-state index contributed by atoms with van der Waals surface area (Å²) in [6.45, 7) is 2.68. The van der Waals surface area contributed by atoms with Gasteiger partial charge in [0.15, 0.2) is 11.6 Å². The molecular weight excluding hydrogens is 405 g/mol. The molecular formula is C19H17F3N4O2S. The summed E-state index contributed by atoms with van der Waals surface area (Å²) < 4.78 is 48.2. The van der Waals surface area contributed by atoms with Gasteiger partial charge in [0.25, 0.3) is 5.91 Å². The highest BCUT2D eigenvalue weighted by molar-refractivity contribution is 7.09. The van der Waals surface area contributed by atoms with Gasteiger partial charge >= 0.3 is 6.18 Å². The van der Waals surface area contributed by atoms with E-state index in [9.17, 15) is 18.0 Å². The van der Waals surface area contributed by atoms with E-state index in [1.807, 2.05) is 0 Å². The monoisotopic (exact) mass is 422 g/mol. The molecule has 1 aromatic carbocycles. The Morgan fingerprint density at radius 2 is 2.00 bits per heavy atom. The number of alkyl halides is 3. The van der Waals surface area contributed by atoms with E-state index >= 15 is 0 Å². The number of carbonyl (C=O) groups excluding carboxylic acids is 1. The lowest BCUT2D eigenvalue weighted by atomic mass is 10.1. The number of aromatic nitrogens is 2. The Labute approximate surface area is 168 Å². The molecule has 1 fully saturated rings. The Bertz CT molecular complexity index is 1010. The van der Waals surface area contributed by atoms with Crippen molar-refractivity contribution in [3.63, 3.8) is 0 Å². The number of likely N-dealkylation sites (tertiary alicyclic amines) is 1. The third kappa shape index (κ3) is 4.65. The van der Waals surface area contributed by atoms with Crippen LogP contribution in [-0.2, 0) is 12.7 Å². The zero-order chi connectivity index (χ0) is 20.4. The largest absolute Gasteiger partial charge is 0.459 e. The van der Waals surface area contributed by atoms with E-state index in [4.69, 9.17) is 4.42 Å². The molecule has 0 unspecified atom stereocenters. The molecule has 0 aliphatic carbocycles. The van der Waals surface area contributed by atoms with Gasteiger partial charge in [-0.3, -0.25) is 15.0 Å². The van der Waals surface area contributed by atoms with Crippen molar-refractivity contribution < 1.29 is 22.4 Å². The van der Waals surface area contributed by atoms with Crippen molar-refractivity contribution in [1.82, 2.24) is 14.3 Å². The number of anilines is 1. The van der Waals surface area contributed by atoms with Crippen LogP contribution in [0.15, 0.2) is 41.0 Å². The standard InChI is InChI=1S/C19H17F3N4O2S/c20-19(21,22)14-5-3-4-12(8-14)13-9-15(28-11-13)17(27)24-18-23-16(25-29-18)10-26-6-1-2-7-26/h3-5,8-9,11H,1-2,6-7,10H2,(H,23,24,25,27). The molecule has 3 aromatic rings. The van der Waals surface area contributed by atoms with E-state index in [0.717, 1.165) is 36.8 Å². The summed E-state index contributed by atoms with van der Waals surface area (Å²) >= 11 is 1.08. The number of hydrogen-bond donors (Lipinski definition) is 1. The Kier molecular flexibility index (Phi) is 5.37. The zero-order valence-corrected chi connectivity index (χ0v) is 16.0. The van der Waals surface area contributed by atoms with E-state index in [1.165, 1.54) is 37.3 Å². The van der Waals surface area contributed by atoms with Crippen LogP contribution in [0.4, 0.5) is 18.3 Å². The number of amides is 1.